The third kappa shape index (κ3) is 5.93. The molecule has 0 aliphatic heterocycles. The van der Waals surface area contributed by atoms with Gasteiger partial charge in [-0.05, 0) is 38.7 Å². The molecule has 1 rings (SSSR count). The lowest BCUT2D eigenvalue weighted by molar-refractivity contribution is 0.257. The van der Waals surface area contributed by atoms with Gasteiger partial charge in [-0.3, -0.25) is 0 Å². The van der Waals surface area contributed by atoms with Gasteiger partial charge in [-0.1, -0.05) is 29.8 Å². The number of aryl methyl sites for hydroxylation is 1. The molecule has 108 valence electrons. The Hall–Kier alpha value is -0.580. The fourth-order valence-electron chi connectivity index (χ4n) is 1.78. The van der Waals surface area contributed by atoms with Gasteiger partial charge in [0.1, 0.15) is 12.4 Å². The molecule has 3 nitrogen and oxygen atoms in total. The van der Waals surface area contributed by atoms with E-state index in [0.29, 0.717) is 12.6 Å². The van der Waals surface area contributed by atoms with Gasteiger partial charge >= 0.3 is 0 Å². The van der Waals surface area contributed by atoms with Crippen LogP contribution >= 0.6 is 15.9 Å². The lowest BCUT2D eigenvalue weighted by atomic mass is 10.1. The van der Waals surface area contributed by atoms with Gasteiger partial charge in [-0.25, -0.2) is 0 Å². The summed E-state index contributed by atoms with van der Waals surface area (Å²) < 4.78 is 7.07. The van der Waals surface area contributed by atoms with Crippen LogP contribution in [0.5, 0.6) is 5.75 Å². The van der Waals surface area contributed by atoms with Gasteiger partial charge < -0.3 is 15.0 Å². The molecule has 0 atom stereocenters. The molecule has 1 aromatic carbocycles. The Balaban J connectivity index is 2.80. The Morgan fingerprint density at radius 2 is 2.00 bits per heavy atom. The molecule has 0 saturated carbocycles. The van der Waals surface area contributed by atoms with Crippen LogP contribution in [0.25, 0.3) is 0 Å². The van der Waals surface area contributed by atoms with Crippen molar-refractivity contribution in [3.05, 3.63) is 27.7 Å². The molecule has 0 heterocycles. The van der Waals surface area contributed by atoms with Gasteiger partial charge in [0.05, 0.1) is 0 Å². The number of hydrogen-bond acceptors (Lipinski definition) is 3. The van der Waals surface area contributed by atoms with Crippen molar-refractivity contribution in [3.8, 4) is 5.75 Å². The average Bonchev–Trinajstić information content (AvgIpc) is 2.28. The predicted octanol–water partition coefficient (Wildman–Crippen LogP) is 3.20. The molecular formula is C15H25BrN2O. The maximum atomic E-state index is 5.96. The summed E-state index contributed by atoms with van der Waals surface area (Å²) in [7, 11) is 4.11. The van der Waals surface area contributed by atoms with Crippen LogP contribution in [0.15, 0.2) is 16.6 Å². The first-order valence-electron chi connectivity index (χ1n) is 6.70. The van der Waals surface area contributed by atoms with Gasteiger partial charge in [0.2, 0.25) is 0 Å². The molecule has 1 N–H and O–H groups in total. The van der Waals surface area contributed by atoms with Crippen LogP contribution in [0.3, 0.4) is 0 Å². The van der Waals surface area contributed by atoms with E-state index in [1.54, 1.807) is 0 Å². The van der Waals surface area contributed by atoms with E-state index in [4.69, 9.17) is 4.74 Å². The van der Waals surface area contributed by atoms with Crippen LogP contribution in [-0.2, 0) is 6.54 Å². The first kappa shape index (κ1) is 16.5. The second-order valence-corrected chi connectivity index (χ2v) is 6.31. The first-order chi connectivity index (χ1) is 8.90. The van der Waals surface area contributed by atoms with Crippen LogP contribution in [0, 0.1) is 6.92 Å². The Kier molecular flexibility index (Phi) is 6.83. The molecular weight excluding hydrogens is 304 g/mol. The molecule has 0 amide bonds. The molecule has 0 aliphatic carbocycles. The molecule has 0 spiro atoms. The molecule has 0 aliphatic rings. The molecule has 4 heteroatoms. The SMILES string of the molecule is Cc1cc(Br)cc(CNC(C)C)c1OCCN(C)C. The minimum absolute atomic E-state index is 0.467. The maximum absolute atomic E-state index is 5.96. The van der Waals surface area contributed by atoms with Crippen LogP contribution < -0.4 is 10.1 Å². The standard InChI is InChI=1S/C15H25BrN2O/c1-11(2)17-10-13-9-14(16)8-12(3)15(13)19-7-6-18(4)5/h8-9,11,17H,6-7,10H2,1-5H3. The fraction of sp³-hybridized carbons (Fsp3) is 0.600. The smallest absolute Gasteiger partial charge is 0.126 e. The summed E-state index contributed by atoms with van der Waals surface area (Å²) >= 11 is 3.55. The van der Waals surface area contributed by atoms with Crippen molar-refractivity contribution in [2.75, 3.05) is 27.2 Å². The van der Waals surface area contributed by atoms with Crippen LogP contribution in [-0.4, -0.2) is 38.2 Å². The van der Waals surface area contributed by atoms with Crippen LogP contribution in [0.1, 0.15) is 25.0 Å². The number of hydrogen-bond donors (Lipinski definition) is 1. The van der Waals surface area contributed by atoms with E-state index < -0.39 is 0 Å². The summed E-state index contributed by atoms with van der Waals surface area (Å²) in [5.74, 6) is 1.01. The van der Waals surface area contributed by atoms with Crippen molar-refractivity contribution in [2.45, 2.75) is 33.4 Å². The van der Waals surface area contributed by atoms with E-state index >= 15 is 0 Å². The van der Waals surface area contributed by atoms with E-state index in [1.165, 1.54) is 11.1 Å². The highest BCUT2D eigenvalue weighted by atomic mass is 79.9. The third-order valence-corrected chi connectivity index (χ3v) is 3.26. The van der Waals surface area contributed by atoms with E-state index in [0.717, 1.165) is 23.3 Å². The van der Waals surface area contributed by atoms with Gasteiger partial charge in [-0.15, -0.1) is 0 Å². The minimum Gasteiger partial charge on any atom is -0.492 e. The highest BCUT2D eigenvalue weighted by Crippen LogP contribution is 2.28. The molecule has 0 unspecified atom stereocenters. The second kappa shape index (κ2) is 7.88. The molecule has 0 bridgehead atoms. The zero-order valence-electron chi connectivity index (χ0n) is 12.6. The average molecular weight is 329 g/mol. The number of nitrogens with one attached hydrogen (secondary N) is 1. The van der Waals surface area contributed by atoms with Crippen molar-refractivity contribution in [3.63, 3.8) is 0 Å². The topological polar surface area (TPSA) is 24.5 Å². The molecule has 19 heavy (non-hydrogen) atoms. The lowest BCUT2D eigenvalue weighted by Crippen LogP contribution is -2.23. The quantitative estimate of drug-likeness (QED) is 0.831. The summed E-state index contributed by atoms with van der Waals surface area (Å²) in [6.07, 6.45) is 0. The molecule has 0 aromatic heterocycles. The number of benzene rings is 1. The van der Waals surface area contributed by atoms with E-state index in [9.17, 15) is 0 Å². The number of ether oxygens (including phenoxy) is 1. The zero-order valence-corrected chi connectivity index (χ0v) is 14.2. The maximum Gasteiger partial charge on any atom is 0.126 e. The second-order valence-electron chi connectivity index (χ2n) is 5.40. The fourth-order valence-corrected chi connectivity index (χ4v) is 2.40. The Labute approximate surface area is 125 Å². The van der Waals surface area contributed by atoms with Crippen molar-refractivity contribution in [2.24, 2.45) is 0 Å². The molecule has 0 radical (unpaired) electrons. The number of likely N-dealkylation sites (N-methyl/N-ethyl adjacent to an activating group) is 1. The third-order valence-electron chi connectivity index (χ3n) is 2.80. The van der Waals surface area contributed by atoms with Gasteiger partial charge in [0.25, 0.3) is 0 Å². The van der Waals surface area contributed by atoms with Crippen molar-refractivity contribution < 1.29 is 4.74 Å². The lowest BCUT2D eigenvalue weighted by Gasteiger charge is -2.18. The summed E-state index contributed by atoms with van der Waals surface area (Å²) in [5, 5.41) is 3.44. The molecule has 0 fully saturated rings. The Morgan fingerprint density at radius 1 is 1.32 bits per heavy atom. The normalized spacial score (nSPS) is 11.4. The number of halogens is 1. The monoisotopic (exact) mass is 328 g/mol. The van der Waals surface area contributed by atoms with E-state index in [2.05, 4.69) is 73.1 Å². The summed E-state index contributed by atoms with van der Waals surface area (Å²) in [5.41, 5.74) is 2.38. The van der Waals surface area contributed by atoms with Crippen molar-refractivity contribution in [1.82, 2.24) is 10.2 Å². The molecule has 1 aromatic rings. The van der Waals surface area contributed by atoms with Crippen molar-refractivity contribution >= 4 is 15.9 Å². The van der Waals surface area contributed by atoms with Gasteiger partial charge in [-0.2, -0.15) is 0 Å². The van der Waals surface area contributed by atoms with Crippen LogP contribution in [0.2, 0.25) is 0 Å². The summed E-state index contributed by atoms with van der Waals surface area (Å²) in [6.45, 7) is 8.86. The number of nitrogens with zero attached hydrogens (tertiary/aromatic N) is 1. The summed E-state index contributed by atoms with van der Waals surface area (Å²) in [6, 6.07) is 4.70. The highest BCUT2D eigenvalue weighted by molar-refractivity contribution is 9.10. The summed E-state index contributed by atoms with van der Waals surface area (Å²) in [4.78, 5) is 2.13. The van der Waals surface area contributed by atoms with Crippen molar-refractivity contribution in [1.29, 1.82) is 0 Å². The van der Waals surface area contributed by atoms with E-state index in [-0.39, 0.29) is 0 Å². The van der Waals surface area contributed by atoms with Crippen LogP contribution in [0.4, 0.5) is 0 Å². The number of rotatable bonds is 7. The predicted molar refractivity (Wildman–Crippen MR) is 84.9 cm³/mol. The van der Waals surface area contributed by atoms with E-state index in [1.807, 2.05) is 0 Å². The Bertz CT molecular complexity index is 405. The van der Waals surface area contributed by atoms with Gasteiger partial charge in [0, 0.05) is 29.2 Å². The zero-order chi connectivity index (χ0) is 14.4. The minimum atomic E-state index is 0.467. The van der Waals surface area contributed by atoms with Gasteiger partial charge in [0.15, 0.2) is 0 Å². The largest absolute Gasteiger partial charge is 0.492 e. The first-order valence-corrected chi connectivity index (χ1v) is 7.49. The highest BCUT2D eigenvalue weighted by Gasteiger charge is 2.09. The Morgan fingerprint density at radius 3 is 2.58 bits per heavy atom. The molecule has 0 saturated heterocycles.